The number of fused-ring (bicyclic) bond motifs is 1. The summed E-state index contributed by atoms with van der Waals surface area (Å²) in [6.07, 6.45) is 1.79. The van der Waals surface area contributed by atoms with Crippen molar-refractivity contribution in [3.05, 3.63) is 101 Å². The number of aromatic nitrogens is 3. The molecule has 2 aromatic heterocycles. The SMILES string of the molecule is Bc1cnn2c(NCc3cccc(NC(=O)Nc4ccc(Cl)cc4)c3)cc(-c3ccccc3Cl)nc12. The van der Waals surface area contributed by atoms with Crippen molar-refractivity contribution in [3.63, 3.8) is 0 Å². The van der Waals surface area contributed by atoms with E-state index >= 15 is 0 Å². The third-order valence-corrected chi connectivity index (χ3v) is 6.14. The first kappa shape index (κ1) is 23.7. The maximum absolute atomic E-state index is 12.4. The number of anilines is 3. The zero-order valence-corrected chi connectivity index (χ0v) is 20.8. The van der Waals surface area contributed by atoms with E-state index in [-0.39, 0.29) is 6.03 Å². The number of hydrogen-bond donors (Lipinski definition) is 3. The molecule has 5 rings (SSSR count). The van der Waals surface area contributed by atoms with E-state index in [1.54, 1.807) is 35.0 Å². The standard InChI is InChI=1S/C26H21BCl2N6O/c27-21-15-31-35-24(13-23(34-25(21)35)20-6-1-2-7-22(20)29)30-14-16-4-3-5-19(12-16)33-26(36)32-18-10-8-17(28)9-11-18/h1-13,15,30H,14,27H2,(H2,32,33,36). The van der Waals surface area contributed by atoms with Gasteiger partial charge in [-0.2, -0.15) is 9.61 Å². The zero-order valence-electron chi connectivity index (χ0n) is 19.3. The Balaban J connectivity index is 1.33. The van der Waals surface area contributed by atoms with Crippen LogP contribution in [-0.2, 0) is 6.54 Å². The molecule has 0 fully saturated rings. The molecule has 2 heterocycles. The van der Waals surface area contributed by atoms with Crippen LogP contribution in [-0.4, -0.2) is 28.5 Å². The van der Waals surface area contributed by atoms with Crippen LogP contribution in [0.25, 0.3) is 16.9 Å². The average Bonchev–Trinajstić information content (AvgIpc) is 3.25. The third-order valence-electron chi connectivity index (χ3n) is 5.56. The van der Waals surface area contributed by atoms with Crippen molar-refractivity contribution in [2.45, 2.75) is 6.54 Å². The van der Waals surface area contributed by atoms with Crippen LogP contribution >= 0.6 is 23.2 Å². The summed E-state index contributed by atoms with van der Waals surface area (Å²) in [7, 11) is 1.97. The molecule has 0 saturated carbocycles. The maximum Gasteiger partial charge on any atom is 0.323 e. The van der Waals surface area contributed by atoms with Gasteiger partial charge in [0.25, 0.3) is 0 Å². The van der Waals surface area contributed by atoms with Crippen molar-refractivity contribution < 1.29 is 4.79 Å². The molecule has 0 atom stereocenters. The van der Waals surface area contributed by atoms with E-state index in [9.17, 15) is 4.79 Å². The molecule has 178 valence electrons. The number of benzene rings is 3. The van der Waals surface area contributed by atoms with Gasteiger partial charge in [-0.05, 0) is 53.5 Å². The van der Waals surface area contributed by atoms with E-state index < -0.39 is 0 Å². The minimum Gasteiger partial charge on any atom is -0.366 e. The van der Waals surface area contributed by atoms with Crippen molar-refractivity contribution in [1.29, 1.82) is 0 Å². The number of urea groups is 1. The highest BCUT2D eigenvalue weighted by atomic mass is 35.5. The summed E-state index contributed by atoms with van der Waals surface area (Å²) < 4.78 is 1.78. The molecule has 10 heteroatoms. The van der Waals surface area contributed by atoms with Gasteiger partial charge in [0.2, 0.25) is 0 Å². The Kier molecular flexibility index (Phi) is 6.80. The maximum atomic E-state index is 12.4. The molecule has 2 amide bonds. The first-order valence-electron chi connectivity index (χ1n) is 11.2. The molecule has 0 spiro atoms. The van der Waals surface area contributed by atoms with E-state index in [0.717, 1.165) is 33.7 Å². The van der Waals surface area contributed by atoms with Gasteiger partial charge in [-0.25, -0.2) is 9.78 Å². The van der Waals surface area contributed by atoms with Gasteiger partial charge >= 0.3 is 6.03 Å². The third kappa shape index (κ3) is 5.30. The molecule has 0 aliphatic rings. The van der Waals surface area contributed by atoms with Gasteiger partial charge in [-0.3, -0.25) is 0 Å². The highest BCUT2D eigenvalue weighted by Gasteiger charge is 2.13. The predicted octanol–water partition coefficient (Wildman–Crippen LogP) is 5.22. The monoisotopic (exact) mass is 514 g/mol. The van der Waals surface area contributed by atoms with Crippen molar-refractivity contribution in [2.24, 2.45) is 0 Å². The van der Waals surface area contributed by atoms with Crippen molar-refractivity contribution >= 4 is 65.4 Å². The Bertz CT molecular complexity index is 1550. The molecule has 0 bridgehead atoms. The van der Waals surface area contributed by atoms with E-state index in [1.165, 1.54) is 0 Å². The highest BCUT2D eigenvalue weighted by molar-refractivity contribution is 6.36. The van der Waals surface area contributed by atoms with Crippen molar-refractivity contribution in [2.75, 3.05) is 16.0 Å². The van der Waals surface area contributed by atoms with Gasteiger partial charge in [0.1, 0.15) is 13.7 Å². The second-order valence-electron chi connectivity index (χ2n) is 8.21. The van der Waals surface area contributed by atoms with Crippen LogP contribution in [0, 0.1) is 0 Å². The second kappa shape index (κ2) is 10.3. The first-order chi connectivity index (χ1) is 17.5. The van der Waals surface area contributed by atoms with Crippen LogP contribution < -0.4 is 21.4 Å². The Morgan fingerprint density at radius 1 is 0.917 bits per heavy atom. The van der Waals surface area contributed by atoms with Crippen LogP contribution in [0.5, 0.6) is 0 Å². The fraction of sp³-hybridized carbons (Fsp3) is 0.0385. The molecule has 0 radical (unpaired) electrons. The summed E-state index contributed by atoms with van der Waals surface area (Å²) >= 11 is 12.3. The molecule has 0 aliphatic carbocycles. The molecule has 7 nitrogen and oxygen atoms in total. The first-order valence-corrected chi connectivity index (χ1v) is 12.0. The van der Waals surface area contributed by atoms with Gasteiger partial charge in [-0.15, -0.1) is 0 Å². The number of amides is 2. The fourth-order valence-corrected chi connectivity index (χ4v) is 4.14. The van der Waals surface area contributed by atoms with Gasteiger partial charge < -0.3 is 16.0 Å². The normalized spacial score (nSPS) is 10.8. The quantitative estimate of drug-likeness (QED) is 0.271. The lowest BCUT2D eigenvalue weighted by Crippen LogP contribution is -2.19. The number of carbonyl (C=O) groups is 1. The summed E-state index contributed by atoms with van der Waals surface area (Å²) in [4.78, 5) is 17.2. The van der Waals surface area contributed by atoms with Crippen LogP contribution in [0.15, 0.2) is 85.1 Å². The van der Waals surface area contributed by atoms with Crippen LogP contribution in [0.3, 0.4) is 0 Å². The number of halogens is 2. The second-order valence-corrected chi connectivity index (χ2v) is 9.05. The lowest BCUT2D eigenvalue weighted by Gasteiger charge is -2.13. The molecule has 3 N–H and O–H groups in total. The number of rotatable bonds is 6. The van der Waals surface area contributed by atoms with Crippen LogP contribution in [0.1, 0.15) is 5.56 Å². The highest BCUT2D eigenvalue weighted by Crippen LogP contribution is 2.28. The molecule has 0 saturated heterocycles. The molecule has 0 unspecified atom stereocenters. The van der Waals surface area contributed by atoms with Gasteiger partial charge in [0.15, 0.2) is 5.65 Å². The lowest BCUT2D eigenvalue weighted by atomic mass is 10.0. The van der Waals surface area contributed by atoms with Crippen molar-refractivity contribution in [3.8, 4) is 11.3 Å². The number of hydrogen-bond acceptors (Lipinski definition) is 4. The number of nitrogens with one attached hydrogen (secondary N) is 3. The molecular formula is C26H21BCl2N6O. The molecule has 0 aliphatic heterocycles. The Hall–Kier alpha value is -4.01. The summed E-state index contributed by atoms with van der Waals surface area (Å²) in [5.74, 6) is 0.780. The van der Waals surface area contributed by atoms with E-state index in [2.05, 4.69) is 21.0 Å². The van der Waals surface area contributed by atoms with E-state index in [1.807, 2.05) is 62.4 Å². The molecule has 5 aromatic rings. The van der Waals surface area contributed by atoms with Crippen LogP contribution in [0.2, 0.25) is 10.0 Å². The molecular weight excluding hydrogens is 494 g/mol. The average molecular weight is 515 g/mol. The number of nitrogens with zero attached hydrogens (tertiary/aromatic N) is 3. The molecule has 3 aromatic carbocycles. The topological polar surface area (TPSA) is 83.3 Å². The van der Waals surface area contributed by atoms with Gasteiger partial charge in [0.05, 0.1) is 5.69 Å². The largest absolute Gasteiger partial charge is 0.366 e. The van der Waals surface area contributed by atoms with Crippen molar-refractivity contribution in [1.82, 2.24) is 14.6 Å². The fourth-order valence-electron chi connectivity index (χ4n) is 3.78. The summed E-state index contributed by atoms with van der Waals surface area (Å²) in [6, 6.07) is 23.8. The minimum atomic E-state index is -0.338. The summed E-state index contributed by atoms with van der Waals surface area (Å²) in [6.45, 7) is 0.508. The Morgan fingerprint density at radius 3 is 2.50 bits per heavy atom. The Morgan fingerprint density at radius 2 is 1.69 bits per heavy atom. The summed E-state index contributed by atoms with van der Waals surface area (Å²) in [5, 5.41) is 14.8. The predicted molar refractivity (Wildman–Crippen MR) is 149 cm³/mol. The lowest BCUT2D eigenvalue weighted by molar-refractivity contribution is 0.262. The van der Waals surface area contributed by atoms with Crippen LogP contribution in [0.4, 0.5) is 22.0 Å². The molecule has 36 heavy (non-hydrogen) atoms. The van der Waals surface area contributed by atoms with E-state index in [0.29, 0.717) is 28.0 Å². The number of carbonyl (C=O) groups excluding carboxylic acids is 1. The van der Waals surface area contributed by atoms with E-state index in [4.69, 9.17) is 28.2 Å². The Labute approximate surface area is 218 Å². The smallest absolute Gasteiger partial charge is 0.323 e. The minimum absolute atomic E-state index is 0.338. The zero-order chi connectivity index (χ0) is 25.1. The van der Waals surface area contributed by atoms with Gasteiger partial charge in [0, 0.05) is 45.8 Å². The van der Waals surface area contributed by atoms with Gasteiger partial charge in [-0.1, -0.05) is 53.5 Å². The summed E-state index contributed by atoms with van der Waals surface area (Å²) in [5.41, 5.74) is 5.63.